The van der Waals surface area contributed by atoms with Crippen molar-refractivity contribution >= 4 is 17.8 Å². The highest BCUT2D eigenvalue weighted by Gasteiger charge is 1.83. The van der Waals surface area contributed by atoms with Crippen molar-refractivity contribution in [2.45, 2.75) is 20.3 Å². The molecule has 0 aliphatic carbocycles. The molecule has 0 aromatic heterocycles. The first-order chi connectivity index (χ1) is 4.31. The molecule has 0 aliphatic heterocycles. The van der Waals surface area contributed by atoms with E-state index in [4.69, 9.17) is 4.28 Å². The Labute approximate surface area is 60.2 Å². The van der Waals surface area contributed by atoms with E-state index < -0.39 is 0 Å². The number of hydrogen-bond acceptors (Lipinski definition) is 3. The van der Waals surface area contributed by atoms with Gasteiger partial charge in [0, 0.05) is 5.41 Å². The van der Waals surface area contributed by atoms with Gasteiger partial charge in [-0.25, -0.2) is 0 Å². The average molecular weight is 145 g/mol. The van der Waals surface area contributed by atoms with E-state index in [0.29, 0.717) is 0 Å². The topological polar surface area (TPSA) is 21.6 Å². The molecular weight excluding hydrogens is 134 g/mol. The van der Waals surface area contributed by atoms with Gasteiger partial charge >= 0.3 is 0 Å². The van der Waals surface area contributed by atoms with Crippen LogP contribution in [-0.2, 0) is 4.28 Å². The van der Waals surface area contributed by atoms with Crippen LogP contribution in [0.3, 0.4) is 0 Å². The SMILES string of the molecule is C=CSON=C(C)CC. The van der Waals surface area contributed by atoms with E-state index in [-0.39, 0.29) is 0 Å². The van der Waals surface area contributed by atoms with Crippen LogP contribution in [0, 0.1) is 0 Å². The minimum Gasteiger partial charge on any atom is -0.318 e. The van der Waals surface area contributed by atoms with Crippen LogP contribution in [0.5, 0.6) is 0 Å². The maximum absolute atomic E-state index is 4.72. The van der Waals surface area contributed by atoms with E-state index in [1.807, 2.05) is 13.8 Å². The molecule has 0 aromatic rings. The quantitative estimate of drug-likeness (QED) is 0.262. The van der Waals surface area contributed by atoms with Gasteiger partial charge in [-0.1, -0.05) is 18.7 Å². The molecular formula is C6H11NOS. The molecule has 0 N–H and O–H groups in total. The monoisotopic (exact) mass is 145 g/mol. The summed E-state index contributed by atoms with van der Waals surface area (Å²) in [5.41, 5.74) is 0.990. The van der Waals surface area contributed by atoms with Crippen LogP contribution >= 0.6 is 12.0 Å². The molecule has 0 fully saturated rings. The second-order valence-corrected chi connectivity index (χ2v) is 2.19. The van der Waals surface area contributed by atoms with Gasteiger partial charge in [0.05, 0.1) is 5.71 Å². The van der Waals surface area contributed by atoms with Gasteiger partial charge in [-0.2, -0.15) is 0 Å². The van der Waals surface area contributed by atoms with Crippen molar-refractivity contribution < 1.29 is 4.28 Å². The number of nitrogens with zero attached hydrogens (tertiary/aromatic N) is 1. The highest BCUT2D eigenvalue weighted by atomic mass is 32.2. The van der Waals surface area contributed by atoms with Gasteiger partial charge in [-0.3, -0.25) is 0 Å². The summed E-state index contributed by atoms with van der Waals surface area (Å²) in [5.74, 6) is 0. The third kappa shape index (κ3) is 5.43. The second kappa shape index (κ2) is 5.69. The fourth-order valence-electron chi connectivity index (χ4n) is 0.180. The summed E-state index contributed by atoms with van der Waals surface area (Å²) in [7, 11) is 0. The van der Waals surface area contributed by atoms with Crippen LogP contribution in [0.15, 0.2) is 17.1 Å². The Morgan fingerprint density at radius 2 is 2.56 bits per heavy atom. The van der Waals surface area contributed by atoms with E-state index in [1.165, 1.54) is 0 Å². The average Bonchev–Trinajstić information content (AvgIpc) is 1.89. The standard InChI is InChI=1S/C6H11NOS/c1-4-6(3)7-8-9-5-2/h5H,2,4H2,1,3H3. The molecule has 0 radical (unpaired) electrons. The molecule has 0 heterocycles. The van der Waals surface area contributed by atoms with Gasteiger partial charge < -0.3 is 4.28 Å². The van der Waals surface area contributed by atoms with E-state index in [1.54, 1.807) is 5.41 Å². The first kappa shape index (κ1) is 8.56. The third-order valence-electron chi connectivity index (χ3n) is 0.816. The Kier molecular flexibility index (Phi) is 5.41. The van der Waals surface area contributed by atoms with Crippen molar-refractivity contribution in [3.8, 4) is 0 Å². The minimum absolute atomic E-state index is 0.928. The fourth-order valence-corrected chi connectivity index (χ4v) is 0.411. The summed E-state index contributed by atoms with van der Waals surface area (Å²) in [4.78, 5) is 0. The summed E-state index contributed by atoms with van der Waals surface area (Å²) in [5, 5.41) is 5.33. The first-order valence-electron chi connectivity index (χ1n) is 2.78. The number of oxime groups is 1. The molecule has 52 valence electrons. The summed E-state index contributed by atoms with van der Waals surface area (Å²) in [6, 6.07) is 0. The predicted molar refractivity (Wildman–Crippen MR) is 42.3 cm³/mol. The second-order valence-electron chi connectivity index (χ2n) is 1.52. The lowest BCUT2D eigenvalue weighted by molar-refractivity contribution is 0.407. The van der Waals surface area contributed by atoms with E-state index in [0.717, 1.165) is 24.2 Å². The number of rotatable bonds is 4. The Balaban J connectivity index is 3.31. The Hall–Kier alpha value is -0.440. The van der Waals surface area contributed by atoms with Crippen molar-refractivity contribution in [2.24, 2.45) is 5.16 Å². The maximum Gasteiger partial charge on any atom is 0.116 e. The van der Waals surface area contributed by atoms with Crippen LogP contribution in [0.1, 0.15) is 20.3 Å². The van der Waals surface area contributed by atoms with Crippen LogP contribution in [0.4, 0.5) is 0 Å². The molecule has 0 saturated carbocycles. The predicted octanol–water partition coefficient (Wildman–Crippen LogP) is 2.58. The van der Waals surface area contributed by atoms with Crippen molar-refractivity contribution in [1.82, 2.24) is 0 Å². The zero-order valence-electron chi connectivity index (χ0n) is 5.76. The van der Waals surface area contributed by atoms with Crippen LogP contribution < -0.4 is 0 Å². The van der Waals surface area contributed by atoms with Gasteiger partial charge in [0.25, 0.3) is 0 Å². The Bertz CT molecular complexity index is 112. The molecule has 0 spiro atoms. The Morgan fingerprint density at radius 1 is 1.89 bits per heavy atom. The molecule has 0 atom stereocenters. The van der Waals surface area contributed by atoms with E-state index in [2.05, 4.69) is 11.7 Å². The van der Waals surface area contributed by atoms with Gasteiger partial charge in [0.15, 0.2) is 0 Å². The van der Waals surface area contributed by atoms with Crippen LogP contribution in [0.25, 0.3) is 0 Å². The lowest BCUT2D eigenvalue weighted by Crippen LogP contribution is -1.85. The molecule has 2 nitrogen and oxygen atoms in total. The van der Waals surface area contributed by atoms with Crippen LogP contribution in [0.2, 0.25) is 0 Å². The zero-order valence-corrected chi connectivity index (χ0v) is 6.57. The molecule has 0 bridgehead atoms. The first-order valence-corrected chi connectivity index (χ1v) is 3.58. The lowest BCUT2D eigenvalue weighted by atomic mass is 10.3. The van der Waals surface area contributed by atoms with Crippen molar-refractivity contribution in [3.63, 3.8) is 0 Å². The molecule has 0 aliphatic rings. The molecule has 0 saturated heterocycles. The highest BCUT2D eigenvalue weighted by molar-refractivity contribution is 7.97. The lowest BCUT2D eigenvalue weighted by Gasteiger charge is -1.91. The molecule has 3 heteroatoms. The molecule has 0 amide bonds. The third-order valence-corrected chi connectivity index (χ3v) is 1.11. The highest BCUT2D eigenvalue weighted by Crippen LogP contribution is 2.02. The zero-order chi connectivity index (χ0) is 7.11. The van der Waals surface area contributed by atoms with Crippen molar-refractivity contribution in [3.05, 3.63) is 12.0 Å². The molecule has 0 rings (SSSR count). The normalized spacial score (nSPS) is 11.1. The minimum atomic E-state index is 0.928. The van der Waals surface area contributed by atoms with Gasteiger partial charge in [-0.05, 0) is 13.3 Å². The van der Waals surface area contributed by atoms with E-state index in [9.17, 15) is 0 Å². The molecule has 0 aromatic carbocycles. The van der Waals surface area contributed by atoms with Crippen molar-refractivity contribution in [2.75, 3.05) is 0 Å². The summed E-state index contributed by atoms with van der Waals surface area (Å²) in [6.45, 7) is 7.40. The largest absolute Gasteiger partial charge is 0.318 e. The maximum atomic E-state index is 4.72. The fraction of sp³-hybridized carbons (Fsp3) is 0.500. The summed E-state index contributed by atoms with van der Waals surface area (Å²) >= 11 is 1.13. The Morgan fingerprint density at radius 3 is 3.00 bits per heavy atom. The molecule has 0 unspecified atom stereocenters. The van der Waals surface area contributed by atoms with Gasteiger partial charge in [0.2, 0.25) is 0 Å². The summed E-state index contributed by atoms with van der Waals surface area (Å²) < 4.78 is 4.72. The number of hydrogen-bond donors (Lipinski definition) is 0. The summed E-state index contributed by atoms with van der Waals surface area (Å²) in [6.07, 6.45) is 0.928. The van der Waals surface area contributed by atoms with Gasteiger partial charge in [-0.15, -0.1) is 0 Å². The smallest absolute Gasteiger partial charge is 0.116 e. The molecule has 9 heavy (non-hydrogen) atoms. The van der Waals surface area contributed by atoms with Crippen molar-refractivity contribution in [1.29, 1.82) is 0 Å². The van der Waals surface area contributed by atoms with Crippen LogP contribution in [-0.4, -0.2) is 5.71 Å². The van der Waals surface area contributed by atoms with E-state index >= 15 is 0 Å². The van der Waals surface area contributed by atoms with Gasteiger partial charge in [0.1, 0.15) is 12.0 Å².